The molecular formula is C28H26N4O8S. The summed E-state index contributed by atoms with van der Waals surface area (Å²) in [5, 5.41) is 10.3. The zero-order chi connectivity index (χ0) is 29.3. The molecule has 0 bridgehead atoms. The number of benzene rings is 1. The van der Waals surface area contributed by atoms with Crippen molar-refractivity contribution in [2.75, 3.05) is 14.1 Å². The number of rotatable bonds is 7. The third-order valence-corrected chi connectivity index (χ3v) is 8.92. The molecule has 3 aliphatic heterocycles. The second-order valence-electron chi connectivity index (χ2n) is 10.5. The van der Waals surface area contributed by atoms with Gasteiger partial charge in [-0.25, -0.2) is 14.6 Å². The first-order valence-corrected chi connectivity index (χ1v) is 13.8. The first-order valence-electron chi connectivity index (χ1n) is 13.0. The maximum atomic E-state index is 13.7. The summed E-state index contributed by atoms with van der Waals surface area (Å²) in [6.07, 6.45) is 0.599. The van der Waals surface area contributed by atoms with Gasteiger partial charge in [0.1, 0.15) is 22.5 Å². The van der Waals surface area contributed by atoms with Gasteiger partial charge in [-0.2, -0.15) is 0 Å². The zero-order valence-electron chi connectivity index (χ0n) is 22.6. The first-order chi connectivity index (χ1) is 19.5. The first kappa shape index (κ1) is 26.8. The van der Waals surface area contributed by atoms with Crippen LogP contribution in [0.1, 0.15) is 57.8 Å². The minimum Gasteiger partial charge on any atom is -0.417 e. The van der Waals surface area contributed by atoms with E-state index in [1.54, 1.807) is 49.0 Å². The molecule has 0 aliphatic carbocycles. The molecule has 212 valence electrons. The SMILES string of the molecule is CC1C(c2cn3cnc(C(=O)CC(=O)N(C)C)c3s2)=C(C(=O)OC2OC(=O)c3ccccc32)N2C(=O)[C@H]([C@@H](C)O)[C@H]12. The summed E-state index contributed by atoms with van der Waals surface area (Å²) in [5.74, 6) is -3.77. The van der Waals surface area contributed by atoms with Crippen LogP contribution in [0.5, 0.6) is 0 Å². The van der Waals surface area contributed by atoms with E-state index in [0.717, 1.165) is 0 Å². The van der Waals surface area contributed by atoms with E-state index >= 15 is 0 Å². The molecule has 1 aromatic carbocycles. The van der Waals surface area contributed by atoms with Gasteiger partial charge in [0.15, 0.2) is 5.78 Å². The second kappa shape index (κ2) is 9.63. The molecule has 3 aromatic rings. The highest BCUT2D eigenvalue weighted by atomic mass is 32.1. The van der Waals surface area contributed by atoms with Crippen LogP contribution in [0.2, 0.25) is 0 Å². The summed E-state index contributed by atoms with van der Waals surface area (Å²) in [6.45, 7) is 3.39. The number of hydrogen-bond acceptors (Lipinski definition) is 10. The summed E-state index contributed by atoms with van der Waals surface area (Å²) >= 11 is 1.19. The highest BCUT2D eigenvalue weighted by molar-refractivity contribution is 7.18. The monoisotopic (exact) mass is 578 g/mol. The fourth-order valence-electron chi connectivity index (χ4n) is 5.73. The lowest BCUT2D eigenvalue weighted by atomic mass is 9.77. The molecule has 5 atom stereocenters. The second-order valence-corrected chi connectivity index (χ2v) is 11.6. The van der Waals surface area contributed by atoms with Crippen molar-refractivity contribution in [3.05, 3.63) is 64.2 Å². The Morgan fingerprint density at radius 2 is 1.95 bits per heavy atom. The lowest BCUT2D eigenvalue weighted by Crippen LogP contribution is -2.63. The molecule has 13 heteroatoms. The van der Waals surface area contributed by atoms with Gasteiger partial charge in [0.2, 0.25) is 11.8 Å². The summed E-state index contributed by atoms with van der Waals surface area (Å²) in [6, 6.07) is 6.08. The number of aliphatic hydroxyl groups is 1. The van der Waals surface area contributed by atoms with Gasteiger partial charge in [-0.3, -0.25) is 18.8 Å². The fraction of sp³-hybridized carbons (Fsp3) is 0.357. The van der Waals surface area contributed by atoms with E-state index in [9.17, 15) is 29.1 Å². The van der Waals surface area contributed by atoms with Crippen molar-refractivity contribution in [2.45, 2.75) is 38.7 Å². The topological polar surface area (TPSA) is 148 Å². The van der Waals surface area contributed by atoms with Gasteiger partial charge in [-0.1, -0.05) is 25.1 Å². The van der Waals surface area contributed by atoms with Gasteiger partial charge >= 0.3 is 11.9 Å². The number of carbonyl (C=O) groups is 5. The van der Waals surface area contributed by atoms with Crippen LogP contribution in [0.15, 0.2) is 42.5 Å². The van der Waals surface area contributed by atoms with Crippen LogP contribution in [-0.4, -0.2) is 80.1 Å². The Bertz CT molecular complexity index is 1680. The average molecular weight is 579 g/mol. The third-order valence-electron chi connectivity index (χ3n) is 7.78. The molecule has 1 saturated heterocycles. The molecule has 12 nitrogen and oxygen atoms in total. The van der Waals surface area contributed by atoms with Gasteiger partial charge in [0.25, 0.3) is 6.29 Å². The molecule has 0 saturated carbocycles. The number of β-lactam (4-membered cyclic amide) rings is 1. The van der Waals surface area contributed by atoms with Crippen molar-refractivity contribution >= 4 is 51.3 Å². The molecule has 0 spiro atoms. The number of esters is 2. The Balaban J connectivity index is 1.39. The number of thiazole rings is 1. The van der Waals surface area contributed by atoms with Crippen LogP contribution in [0.4, 0.5) is 0 Å². The molecule has 1 N–H and O–H groups in total. The Labute approximate surface area is 237 Å². The quantitative estimate of drug-likeness (QED) is 0.192. The van der Waals surface area contributed by atoms with Crippen molar-refractivity contribution < 1.29 is 38.6 Å². The number of amides is 2. The van der Waals surface area contributed by atoms with Crippen molar-refractivity contribution in [1.82, 2.24) is 19.2 Å². The Morgan fingerprint density at radius 3 is 2.66 bits per heavy atom. The number of imidazole rings is 1. The summed E-state index contributed by atoms with van der Waals surface area (Å²) in [7, 11) is 3.12. The van der Waals surface area contributed by atoms with Gasteiger partial charge in [-0.05, 0) is 13.0 Å². The minimum absolute atomic E-state index is 0.00189. The molecular weight excluding hydrogens is 552 g/mol. The van der Waals surface area contributed by atoms with E-state index in [0.29, 0.717) is 20.8 Å². The lowest BCUT2D eigenvalue weighted by Gasteiger charge is -2.46. The maximum Gasteiger partial charge on any atom is 0.358 e. The summed E-state index contributed by atoms with van der Waals surface area (Å²) in [4.78, 5) is 72.1. The number of nitrogens with zero attached hydrogens (tertiary/aromatic N) is 4. The highest BCUT2D eigenvalue weighted by Gasteiger charge is 2.60. The van der Waals surface area contributed by atoms with E-state index in [4.69, 9.17) is 9.47 Å². The maximum absolute atomic E-state index is 13.7. The van der Waals surface area contributed by atoms with Crippen LogP contribution in [-0.2, 0) is 23.9 Å². The number of fused-ring (bicyclic) bond motifs is 3. The van der Waals surface area contributed by atoms with Crippen LogP contribution in [0.3, 0.4) is 0 Å². The highest BCUT2D eigenvalue weighted by Crippen LogP contribution is 2.52. The zero-order valence-corrected chi connectivity index (χ0v) is 23.4. The largest absolute Gasteiger partial charge is 0.417 e. The van der Waals surface area contributed by atoms with E-state index in [1.807, 2.05) is 6.92 Å². The summed E-state index contributed by atoms with van der Waals surface area (Å²) < 4.78 is 12.6. The predicted octanol–water partition coefficient (Wildman–Crippen LogP) is 2.04. The van der Waals surface area contributed by atoms with Gasteiger partial charge < -0.3 is 24.4 Å². The Hall–Kier alpha value is -4.36. The normalized spacial score (nSPS) is 23.7. The number of aromatic nitrogens is 2. The van der Waals surface area contributed by atoms with E-state index in [-0.39, 0.29) is 35.2 Å². The van der Waals surface area contributed by atoms with Crippen LogP contribution < -0.4 is 0 Å². The number of aliphatic hydroxyl groups excluding tert-OH is 1. The lowest BCUT2D eigenvalue weighted by molar-refractivity contribution is -0.173. The number of ketones is 1. The van der Waals surface area contributed by atoms with Crippen molar-refractivity contribution in [2.24, 2.45) is 11.8 Å². The van der Waals surface area contributed by atoms with Crippen molar-refractivity contribution in [3.8, 4) is 0 Å². The minimum atomic E-state index is -1.28. The van der Waals surface area contributed by atoms with Crippen LogP contribution in [0.25, 0.3) is 10.4 Å². The van der Waals surface area contributed by atoms with Crippen LogP contribution >= 0.6 is 11.3 Å². The molecule has 1 fully saturated rings. The average Bonchev–Trinajstić information content (AvgIpc) is 3.64. The Morgan fingerprint density at radius 1 is 1.22 bits per heavy atom. The van der Waals surface area contributed by atoms with Crippen molar-refractivity contribution in [3.63, 3.8) is 0 Å². The van der Waals surface area contributed by atoms with Gasteiger partial charge in [0.05, 0.1) is 34.9 Å². The number of ether oxygens (including phenoxy) is 2. The molecule has 41 heavy (non-hydrogen) atoms. The molecule has 6 rings (SSSR count). The van der Waals surface area contributed by atoms with E-state index in [2.05, 4.69) is 4.98 Å². The third kappa shape index (κ3) is 4.06. The molecule has 5 heterocycles. The molecule has 2 unspecified atom stereocenters. The van der Waals surface area contributed by atoms with E-state index in [1.165, 1.54) is 34.4 Å². The number of cyclic esters (lactones) is 1. The van der Waals surface area contributed by atoms with E-state index < -0.39 is 48.0 Å². The Kier molecular flexibility index (Phi) is 6.30. The fourth-order valence-corrected chi connectivity index (χ4v) is 6.97. The molecule has 2 aromatic heterocycles. The summed E-state index contributed by atoms with van der Waals surface area (Å²) in [5.41, 5.74) is 1.32. The number of carbonyl (C=O) groups excluding carboxylic acids is 5. The number of hydrogen-bond donors (Lipinski definition) is 1. The van der Waals surface area contributed by atoms with Crippen LogP contribution in [0, 0.1) is 11.8 Å². The predicted molar refractivity (Wildman–Crippen MR) is 143 cm³/mol. The molecule has 0 radical (unpaired) electrons. The van der Waals surface area contributed by atoms with Gasteiger partial charge in [0, 0.05) is 37.3 Å². The molecule has 3 aliphatic rings. The molecule has 2 amide bonds. The number of Topliss-reactive ketones (excluding diaryl/α,β-unsaturated/α-hetero) is 1. The van der Waals surface area contributed by atoms with Gasteiger partial charge in [-0.15, -0.1) is 11.3 Å². The smallest absolute Gasteiger partial charge is 0.358 e. The van der Waals surface area contributed by atoms with Crippen molar-refractivity contribution in [1.29, 1.82) is 0 Å². The standard InChI is InChI=1S/C28H26N4O8S/c1-12-19(17-10-31-11-29-21(25(31)41-17)16(34)9-18(35)30(3)4)23(32-22(12)20(13(2)33)24(32)36)27(38)40-28-15-8-6-5-7-14(15)26(37)39-28/h5-8,10-13,20,22,28,33H,9H2,1-4H3/t12?,13-,20-,22+,28?/m1/s1.